The molecule has 0 amide bonds. The second kappa shape index (κ2) is 9.57. The van der Waals surface area contributed by atoms with E-state index < -0.39 is 28.8 Å². The Labute approximate surface area is 194 Å². The molecule has 0 spiro atoms. The molecular weight excluding hydrogens is 424 g/mol. The fourth-order valence-corrected chi connectivity index (χ4v) is 3.64. The van der Waals surface area contributed by atoms with Gasteiger partial charge < -0.3 is 29.6 Å². The summed E-state index contributed by atoms with van der Waals surface area (Å²) in [6.07, 6.45) is 0. The SMILES string of the molecule is CC(C)(C)OC(=O)COCC1(COCC(=O)OC(C)(C)C)Nc2cccc3cccc(c23)N1. The van der Waals surface area contributed by atoms with Crippen molar-refractivity contribution in [3.63, 3.8) is 0 Å². The highest BCUT2D eigenvalue weighted by Gasteiger charge is 2.36. The highest BCUT2D eigenvalue weighted by atomic mass is 16.6. The van der Waals surface area contributed by atoms with Crippen molar-refractivity contribution in [2.75, 3.05) is 37.1 Å². The highest BCUT2D eigenvalue weighted by Crippen LogP contribution is 2.38. The van der Waals surface area contributed by atoms with Gasteiger partial charge in [-0.3, -0.25) is 0 Å². The standard InChI is InChI=1S/C25H34N2O6/c1-23(2,3)32-20(28)13-30-15-25(16-31-14-21(29)33-24(4,5)6)26-18-11-7-9-17-10-8-12-19(27-25)22(17)18/h7-12,26-27H,13-16H2,1-6H3. The minimum absolute atomic E-state index is 0.0886. The van der Waals surface area contributed by atoms with Gasteiger partial charge in [0.15, 0.2) is 5.66 Å². The molecule has 0 fully saturated rings. The van der Waals surface area contributed by atoms with E-state index in [1.165, 1.54) is 0 Å². The van der Waals surface area contributed by atoms with Crippen LogP contribution in [-0.4, -0.2) is 55.2 Å². The smallest absolute Gasteiger partial charge is 0.332 e. The normalized spacial score (nSPS) is 14.8. The van der Waals surface area contributed by atoms with Crippen molar-refractivity contribution in [2.45, 2.75) is 58.4 Å². The number of benzene rings is 2. The molecule has 0 saturated heterocycles. The summed E-state index contributed by atoms with van der Waals surface area (Å²) in [7, 11) is 0. The van der Waals surface area contributed by atoms with E-state index in [1.807, 2.05) is 36.4 Å². The fraction of sp³-hybridized carbons (Fsp3) is 0.520. The van der Waals surface area contributed by atoms with E-state index in [4.69, 9.17) is 18.9 Å². The van der Waals surface area contributed by atoms with Crippen LogP contribution in [0.3, 0.4) is 0 Å². The molecule has 0 bridgehead atoms. The molecule has 0 radical (unpaired) electrons. The number of ether oxygens (including phenoxy) is 4. The van der Waals surface area contributed by atoms with Crippen LogP contribution in [0.25, 0.3) is 10.8 Å². The lowest BCUT2D eigenvalue weighted by Crippen LogP contribution is -2.56. The predicted molar refractivity (Wildman–Crippen MR) is 127 cm³/mol. The topological polar surface area (TPSA) is 95.1 Å². The third-order valence-corrected chi connectivity index (χ3v) is 4.63. The molecule has 0 aromatic heterocycles. The Morgan fingerprint density at radius 2 is 1.18 bits per heavy atom. The van der Waals surface area contributed by atoms with Crippen LogP contribution in [0.2, 0.25) is 0 Å². The maximum Gasteiger partial charge on any atom is 0.332 e. The largest absolute Gasteiger partial charge is 0.458 e. The first-order valence-corrected chi connectivity index (χ1v) is 11.0. The number of nitrogens with one attached hydrogen (secondary N) is 2. The molecule has 1 heterocycles. The van der Waals surface area contributed by atoms with Crippen molar-refractivity contribution < 1.29 is 28.5 Å². The molecule has 2 N–H and O–H groups in total. The van der Waals surface area contributed by atoms with Crippen molar-refractivity contribution in [1.82, 2.24) is 0 Å². The number of rotatable bonds is 8. The summed E-state index contributed by atoms with van der Waals surface area (Å²) < 4.78 is 22.1. The quantitative estimate of drug-likeness (QED) is 0.571. The van der Waals surface area contributed by atoms with Gasteiger partial charge >= 0.3 is 11.9 Å². The molecule has 0 unspecified atom stereocenters. The van der Waals surface area contributed by atoms with Gasteiger partial charge in [-0.25, -0.2) is 9.59 Å². The number of carbonyl (C=O) groups excluding carboxylic acids is 2. The van der Waals surface area contributed by atoms with Gasteiger partial charge in [0, 0.05) is 16.8 Å². The Kier molecular flexibility index (Phi) is 7.19. The van der Waals surface area contributed by atoms with Gasteiger partial charge in [0.25, 0.3) is 0 Å². The van der Waals surface area contributed by atoms with E-state index in [0.29, 0.717) is 0 Å². The van der Waals surface area contributed by atoms with Crippen LogP contribution in [-0.2, 0) is 28.5 Å². The average Bonchev–Trinajstić information content (AvgIpc) is 2.65. The van der Waals surface area contributed by atoms with Crippen molar-refractivity contribution in [3.8, 4) is 0 Å². The summed E-state index contributed by atoms with van der Waals surface area (Å²) in [5.41, 5.74) is -0.283. The lowest BCUT2D eigenvalue weighted by molar-refractivity contribution is -0.161. The molecule has 1 aliphatic rings. The fourth-order valence-electron chi connectivity index (χ4n) is 3.64. The number of hydrogen-bond acceptors (Lipinski definition) is 8. The van der Waals surface area contributed by atoms with Crippen LogP contribution >= 0.6 is 0 Å². The third kappa shape index (κ3) is 7.07. The molecule has 3 rings (SSSR count). The van der Waals surface area contributed by atoms with Crippen LogP contribution in [0.15, 0.2) is 36.4 Å². The zero-order valence-electron chi connectivity index (χ0n) is 20.2. The maximum atomic E-state index is 12.1. The van der Waals surface area contributed by atoms with Gasteiger partial charge in [-0.1, -0.05) is 24.3 Å². The van der Waals surface area contributed by atoms with Crippen LogP contribution in [0, 0.1) is 0 Å². The molecule has 2 aromatic carbocycles. The molecule has 1 aliphatic heterocycles. The lowest BCUT2D eigenvalue weighted by atomic mass is 10.00. The van der Waals surface area contributed by atoms with Crippen LogP contribution in [0.5, 0.6) is 0 Å². The summed E-state index contributed by atoms with van der Waals surface area (Å²) in [6.45, 7) is 10.6. The molecule has 2 aromatic rings. The van der Waals surface area contributed by atoms with Crippen molar-refractivity contribution in [3.05, 3.63) is 36.4 Å². The van der Waals surface area contributed by atoms with Crippen LogP contribution < -0.4 is 10.6 Å². The van der Waals surface area contributed by atoms with E-state index in [1.54, 1.807) is 41.5 Å². The van der Waals surface area contributed by atoms with E-state index in [2.05, 4.69) is 10.6 Å². The Morgan fingerprint density at radius 1 is 0.758 bits per heavy atom. The van der Waals surface area contributed by atoms with Gasteiger partial charge in [-0.05, 0) is 59.1 Å². The zero-order chi connectivity index (χ0) is 24.3. The van der Waals surface area contributed by atoms with Gasteiger partial charge in [-0.2, -0.15) is 0 Å². The third-order valence-electron chi connectivity index (χ3n) is 4.63. The summed E-state index contributed by atoms with van der Waals surface area (Å²) in [5, 5.41) is 9.04. The molecule has 180 valence electrons. The van der Waals surface area contributed by atoms with Gasteiger partial charge in [-0.15, -0.1) is 0 Å². The van der Waals surface area contributed by atoms with E-state index >= 15 is 0 Å². The Morgan fingerprint density at radius 3 is 1.58 bits per heavy atom. The number of carbonyl (C=O) groups is 2. The second-order valence-electron chi connectivity index (χ2n) is 10.2. The first-order valence-electron chi connectivity index (χ1n) is 11.0. The molecule has 0 aliphatic carbocycles. The zero-order valence-corrected chi connectivity index (χ0v) is 20.2. The Bertz CT molecular complexity index is 929. The minimum atomic E-state index is -0.910. The molecule has 33 heavy (non-hydrogen) atoms. The Balaban J connectivity index is 1.73. The van der Waals surface area contributed by atoms with Crippen LogP contribution in [0.4, 0.5) is 11.4 Å². The number of esters is 2. The van der Waals surface area contributed by atoms with Gasteiger partial charge in [0.1, 0.15) is 24.4 Å². The van der Waals surface area contributed by atoms with E-state index in [9.17, 15) is 9.59 Å². The Hall–Kier alpha value is -2.84. The monoisotopic (exact) mass is 458 g/mol. The minimum Gasteiger partial charge on any atom is -0.458 e. The van der Waals surface area contributed by atoms with Crippen LogP contribution in [0.1, 0.15) is 41.5 Å². The molecule has 0 atom stereocenters. The number of anilines is 2. The van der Waals surface area contributed by atoms with Crippen molar-refractivity contribution in [1.29, 1.82) is 0 Å². The lowest BCUT2D eigenvalue weighted by Gasteiger charge is -2.41. The molecule has 8 heteroatoms. The first-order chi connectivity index (χ1) is 15.4. The summed E-state index contributed by atoms with van der Waals surface area (Å²) in [4.78, 5) is 24.2. The maximum absolute atomic E-state index is 12.1. The summed E-state index contributed by atoms with van der Waals surface area (Å²) >= 11 is 0. The van der Waals surface area contributed by atoms with Crippen molar-refractivity contribution in [2.24, 2.45) is 0 Å². The first kappa shape index (κ1) is 24.8. The molecular formula is C25H34N2O6. The highest BCUT2D eigenvalue weighted by molar-refractivity contribution is 6.05. The summed E-state index contributed by atoms with van der Waals surface area (Å²) in [5.74, 6) is -0.906. The van der Waals surface area contributed by atoms with Gasteiger partial charge in [0.05, 0.1) is 13.2 Å². The molecule has 0 saturated carbocycles. The van der Waals surface area contributed by atoms with E-state index in [-0.39, 0.29) is 26.4 Å². The molecule has 8 nitrogen and oxygen atoms in total. The predicted octanol–water partition coefficient (Wildman–Crippen LogP) is 4.09. The van der Waals surface area contributed by atoms with Gasteiger partial charge in [0.2, 0.25) is 0 Å². The van der Waals surface area contributed by atoms with E-state index in [0.717, 1.165) is 22.1 Å². The average molecular weight is 459 g/mol. The summed E-state index contributed by atoms with van der Waals surface area (Å²) in [6, 6.07) is 12.0. The number of hydrogen-bond donors (Lipinski definition) is 2. The second-order valence-corrected chi connectivity index (χ2v) is 10.2. The van der Waals surface area contributed by atoms with Crippen molar-refractivity contribution >= 4 is 34.1 Å².